The van der Waals surface area contributed by atoms with Gasteiger partial charge in [0.25, 0.3) is 11.5 Å². The van der Waals surface area contributed by atoms with E-state index < -0.39 is 22.9 Å². The zero-order valence-corrected chi connectivity index (χ0v) is 16.7. The van der Waals surface area contributed by atoms with Gasteiger partial charge in [0, 0.05) is 29.6 Å². The Morgan fingerprint density at radius 2 is 2.10 bits per heavy atom. The number of aromatic amines is 1. The van der Waals surface area contributed by atoms with Gasteiger partial charge in [0.2, 0.25) is 0 Å². The summed E-state index contributed by atoms with van der Waals surface area (Å²) in [5.41, 5.74) is 0.129. The summed E-state index contributed by atoms with van der Waals surface area (Å²) in [4.78, 5) is 30.8. The first-order chi connectivity index (χ1) is 14.9. The number of carbonyl (C=O) groups is 1. The maximum absolute atomic E-state index is 13.6. The molecule has 2 aromatic heterocycles. The number of carbonyl (C=O) groups excluding carboxylic acids is 1. The van der Waals surface area contributed by atoms with E-state index in [1.54, 1.807) is 18.3 Å². The topological polar surface area (TPSA) is 99.2 Å². The molecule has 2 unspecified atom stereocenters. The molecule has 3 heterocycles. The van der Waals surface area contributed by atoms with Crippen molar-refractivity contribution in [3.8, 4) is 0 Å². The van der Waals surface area contributed by atoms with Gasteiger partial charge in [-0.3, -0.25) is 14.5 Å². The van der Waals surface area contributed by atoms with E-state index in [2.05, 4.69) is 15.2 Å². The van der Waals surface area contributed by atoms with Crippen molar-refractivity contribution in [3.63, 3.8) is 0 Å². The Morgan fingerprint density at radius 3 is 2.94 bits per heavy atom. The number of nitrogens with zero attached hydrogens (tertiary/aromatic N) is 3. The van der Waals surface area contributed by atoms with E-state index in [9.17, 15) is 19.1 Å². The molecule has 1 saturated heterocycles. The minimum Gasteiger partial charge on any atom is -0.380 e. The standard InChI is InChI=1S/C23H19FN4O3/c1-23(31)17-4-2-3-5-19(17)28(22(23)30)20-11-13(8-9-25-20)10-18-15-7-6-14(24)12-16(15)21(29)27-26-18/h2-3,5-9,11-12,17,31H,4,10H2,1H3,(H,27,29). The number of nitrogens with one attached hydrogen (secondary N) is 1. The largest absolute Gasteiger partial charge is 0.380 e. The summed E-state index contributed by atoms with van der Waals surface area (Å²) in [6.45, 7) is 1.53. The third-order valence-electron chi connectivity index (χ3n) is 5.94. The molecule has 1 aliphatic heterocycles. The number of fused-ring (bicyclic) bond motifs is 2. The minimum absolute atomic E-state index is 0.229. The summed E-state index contributed by atoms with van der Waals surface area (Å²) in [7, 11) is 0. The monoisotopic (exact) mass is 418 g/mol. The molecule has 0 bridgehead atoms. The average Bonchev–Trinajstić information content (AvgIpc) is 2.96. The molecule has 0 spiro atoms. The van der Waals surface area contributed by atoms with E-state index in [1.165, 1.54) is 30.0 Å². The van der Waals surface area contributed by atoms with Gasteiger partial charge >= 0.3 is 0 Å². The quantitative estimate of drug-likeness (QED) is 0.681. The lowest BCUT2D eigenvalue weighted by Crippen LogP contribution is -2.40. The highest BCUT2D eigenvalue weighted by Gasteiger charge is 2.53. The lowest BCUT2D eigenvalue weighted by molar-refractivity contribution is -0.134. The van der Waals surface area contributed by atoms with Crippen LogP contribution in [0.15, 0.2) is 65.2 Å². The van der Waals surface area contributed by atoms with Crippen molar-refractivity contribution in [1.29, 1.82) is 0 Å². The van der Waals surface area contributed by atoms with E-state index >= 15 is 0 Å². The first kappa shape index (κ1) is 19.3. The van der Waals surface area contributed by atoms with Crippen LogP contribution < -0.4 is 10.5 Å². The first-order valence-corrected chi connectivity index (χ1v) is 9.91. The molecule has 31 heavy (non-hydrogen) atoms. The van der Waals surface area contributed by atoms with Crippen LogP contribution in [0.5, 0.6) is 0 Å². The average molecular weight is 418 g/mol. The molecule has 7 nitrogen and oxygen atoms in total. The Bertz CT molecular complexity index is 1340. The number of anilines is 1. The summed E-state index contributed by atoms with van der Waals surface area (Å²) in [5.74, 6) is -0.827. The van der Waals surface area contributed by atoms with E-state index in [1.807, 2.05) is 18.2 Å². The fourth-order valence-electron chi connectivity index (χ4n) is 4.31. The molecular formula is C23H19FN4O3. The second kappa shape index (κ2) is 6.95. The molecule has 1 fully saturated rings. The molecule has 3 aromatic rings. The normalized spacial score (nSPS) is 22.7. The highest BCUT2D eigenvalue weighted by atomic mass is 19.1. The fraction of sp³-hybridized carbons (Fsp3) is 0.217. The van der Waals surface area contributed by atoms with Gasteiger partial charge in [0.05, 0.1) is 11.1 Å². The van der Waals surface area contributed by atoms with Crippen molar-refractivity contribution in [3.05, 3.63) is 87.9 Å². The van der Waals surface area contributed by atoms with Crippen LogP contribution >= 0.6 is 0 Å². The highest BCUT2D eigenvalue weighted by Crippen LogP contribution is 2.43. The lowest BCUT2D eigenvalue weighted by atomic mass is 9.85. The summed E-state index contributed by atoms with van der Waals surface area (Å²) in [6, 6.07) is 7.56. The lowest BCUT2D eigenvalue weighted by Gasteiger charge is -2.22. The van der Waals surface area contributed by atoms with Crippen molar-refractivity contribution < 1.29 is 14.3 Å². The number of hydrogen-bond donors (Lipinski definition) is 2. The van der Waals surface area contributed by atoms with Crippen molar-refractivity contribution >= 4 is 22.5 Å². The molecule has 2 atom stereocenters. The number of aliphatic hydroxyl groups is 1. The fourth-order valence-corrected chi connectivity index (χ4v) is 4.31. The number of allylic oxidation sites excluding steroid dienone is 3. The van der Waals surface area contributed by atoms with Crippen LogP contribution in [0.2, 0.25) is 0 Å². The number of halogens is 1. The molecule has 8 heteroatoms. The zero-order valence-electron chi connectivity index (χ0n) is 16.7. The summed E-state index contributed by atoms with van der Waals surface area (Å²) in [6.07, 6.45) is 8.13. The molecule has 5 rings (SSSR count). The van der Waals surface area contributed by atoms with E-state index in [0.717, 1.165) is 5.56 Å². The molecule has 2 N–H and O–H groups in total. The Morgan fingerprint density at radius 1 is 1.26 bits per heavy atom. The molecule has 156 valence electrons. The maximum Gasteiger partial charge on any atom is 0.272 e. The van der Waals surface area contributed by atoms with Gasteiger partial charge in [-0.1, -0.05) is 12.2 Å². The third kappa shape index (κ3) is 3.07. The number of rotatable bonds is 3. The Hall–Kier alpha value is -3.65. The molecule has 1 aliphatic carbocycles. The minimum atomic E-state index is -1.50. The SMILES string of the molecule is CC1(O)C(=O)N(c2cc(Cc3n[nH]c(=O)c4cc(F)ccc34)ccn2)C2=CC=CCC21. The van der Waals surface area contributed by atoms with Crippen LogP contribution in [0.25, 0.3) is 10.8 Å². The van der Waals surface area contributed by atoms with Crippen molar-refractivity contribution in [2.75, 3.05) is 4.90 Å². The van der Waals surface area contributed by atoms with Crippen LogP contribution in [0.1, 0.15) is 24.6 Å². The first-order valence-electron chi connectivity index (χ1n) is 9.91. The number of hydrogen-bond acceptors (Lipinski definition) is 5. The van der Waals surface area contributed by atoms with Gasteiger partial charge in [-0.15, -0.1) is 0 Å². The van der Waals surface area contributed by atoms with E-state index in [-0.39, 0.29) is 11.3 Å². The van der Waals surface area contributed by atoms with Gasteiger partial charge in [-0.2, -0.15) is 5.10 Å². The molecule has 1 amide bonds. The second-order valence-corrected chi connectivity index (χ2v) is 7.98. The molecule has 0 saturated carbocycles. The number of benzene rings is 1. The maximum atomic E-state index is 13.6. The molecular weight excluding hydrogens is 399 g/mol. The smallest absolute Gasteiger partial charge is 0.272 e. The van der Waals surface area contributed by atoms with Gasteiger partial charge in [-0.25, -0.2) is 14.5 Å². The molecule has 1 aromatic carbocycles. The Balaban J connectivity index is 1.54. The summed E-state index contributed by atoms with van der Waals surface area (Å²) in [5, 5.41) is 18.1. The Labute approximate surface area is 176 Å². The number of aromatic nitrogens is 3. The predicted octanol–water partition coefficient (Wildman–Crippen LogP) is 2.61. The zero-order chi connectivity index (χ0) is 21.8. The van der Waals surface area contributed by atoms with Crippen LogP contribution in [0.4, 0.5) is 10.2 Å². The van der Waals surface area contributed by atoms with Crippen LogP contribution in [0.3, 0.4) is 0 Å². The number of H-pyrrole nitrogens is 1. The van der Waals surface area contributed by atoms with E-state index in [4.69, 9.17) is 0 Å². The van der Waals surface area contributed by atoms with Crippen LogP contribution in [-0.2, 0) is 11.2 Å². The van der Waals surface area contributed by atoms with Crippen molar-refractivity contribution in [2.45, 2.75) is 25.4 Å². The van der Waals surface area contributed by atoms with Crippen LogP contribution in [-0.4, -0.2) is 31.8 Å². The molecule has 0 radical (unpaired) electrons. The van der Waals surface area contributed by atoms with Gasteiger partial charge < -0.3 is 5.11 Å². The molecule has 2 aliphatic rings. The van der Waals surface area contributed by atoms with Crippen molar-refractivity contribution in [1.82, 2.24) is 15.2 Å². The second-order valence-electron chi connectivity index (χ2n) is 7.98. The summed E-state index contributed by atoms with van der Waals surface area (Å²) < 4.78 is 13.6. The predicted molar refractivity (Wildman–Crippen MR) is 113 cm³/mol. The third-order valence-corrected chi connectivity index (χ3v) is 5.94. The highest BCUT2D eigenvalue weighted by molar-refractivity contribution is 6.05. The number of amides is 1. The Kier molecular flexibility index (Phi) is 4.33. The van der Waals surface area contributed by atoms with E-state index in [0.29, 0.717) is 35.4 Å². The van der Waals surface area contributed by atoms with Gasteiger partial charge in [-0.05, 0) is 55.3 Å². The van der Waals surface area contributed by atoms with Crippen molar-refractivity contribution in [2.24, 2.45) is 5.92 Å². The van der Waals surface area contributed by atoms with Gasteiger partial charge in [0.15, 0.2) is 0 Å². The summed E-state index contributed by atoms with van der Waals surface area (Å²) >= 11 is 0. The van der Waals surface area contributed by atoms with Gasteiger partial charge in [0.1, 0.15) is 17.2 Å². The number of pyridine rings is 1. The van der Waals surface area contributed by atoms with Crippen LogP contribution in [0, 0.1) is 11.7 Å².